The molecule has 0 radical (unpaired) electrons. The van der Waals surface area contributed by atoms with Crippen molar-refractivity contribution in [3.63, 3.8) is 0 Å². The molecule has 1 aliphatic heterocycles. The van der Waals surface area contributed by atoms with Crippen molar-refractivity contribution in [3.05, 3.63) is 65.1 Å². The molecule has 30 heavy (non-hydrogen) atoms. The molecular weight excluding hydrogens is 407 g/mol. The summed E-state index contributed by atoms with van der Waals surface area (Å²) in [4.78, 5) is 12.7. The molecule has 1 aromatic heterocycles. The second-order valence-corrected chi connectivity index (χ2v) is 10.1. The van der Waals surface area contributed by atoms with E-state index in [0.717, 1.165) is 0 Å². The zero-order chi connectivity index (χ0) is 21.8. The van der Waals surface area contributed by atoms with Crippen molar-refractivity contribution in [1.82, 2.24) is 9.29 Å². The Bertz CT molecular complexity index is 1270. The molecule has 1 unspecified atom stereocenters. The van der Waals surface area contributed by atoms with Gasteiger partial charge in [-0.25, -0.2) is 12.8 Å². The Morgan fingerprint density at radius 3 is 2.60 bits per heavy atom. The maximum Gasteiger partial charge on any atom is 0.326 e. The standard InChI is InChI=1S/C22H23FN2O4S/c1-13-20(21-15-7-5-6-8-18(15)30(27,28)24-21)16-11-14(23)9-10-17(16)25(13)12-19(26)29-22(2,3)4/h5-11,21,24H,12H2,1-4H3. The molecule has 3 aromatic rings. The van der Waals surface area contributed by atoms with Crippen LogP contribution in [0.3, 0.4) is 0 Å². The number of ether oxygens (including phenoxy) is 1. The number of rotatable bonds is 3. The van der Waals surface area contributed by atoms with E-state index >= 15 is 0 Å². The maximum atomic E-state index is 14.1. The van der Waals surface area contributed by atoms with Crippen LogP contribution in [-0.4, -0.2) is 24.6 Å². The SMILES string of the molecule is Cc1c(C2NS(=O)(=O)c3ccccc32)c2cc(F)ccc2n1CC(=O)OC(C)(C)C. The number of halogens is 1. The number of benzene rings is 2. The summed E-state index contributed by atoms with van der Waals surface area (Å²) < 4.78 is 49.3. The van der Waals surface area contributed by atoms with Crippen LogP contribution in [-0.2, 0) is 26.1 Å². The minimum atomic E-state index is -3.68. The van der Waals surface area contributed by atoms with Crippen LogP contribution in [0.4, 0.5) is 4.39 Å². The molecule has 2 aromatic carbocycles. The molecule has 2 heterocycles. The van der Waals surface area contributed by atoms with Gasteiger partial charge in [-0.05, 0) is 57.5 Å². The fraction of sp³-hybridized carbons (Fsp3) is 0.318. The molecule has 0 saturated carbocycles. The number of fused-ring (bicyclic) bond motifs is 2. The molecule has 4 rings (SSSR count). The van der Waals surface area contributed by atoms with Gasteiger partial charge in [-0.2, -0.15) is 4.72 Å². The Hall–Kier alpha value is -2.71. The van der Waals surface area contributed by atoms with Crippen LogP contribution in [0.2, 0.25) is 0 Å². The van der Waals surface area contributed by atoms with Crippen LogP contribution < -0.4 is 4.72 Å². The third-order valence-electron chi connectivity index (χ3n) is 5.12. The quantitative estimate of drug-likeness (QED) is 0.641. The van der Waals surface area contributed by atoms with Gasteiger partial charge in [0.15, 0.2) is 0 Å². The van der Waals surface area contributed by atoms with Gasteiger partial charge in [0.1, 0.15) is 18.0 Å². The monoisotopic (exact) mass is 430 g/mol. The second-order valence-electron chi connectivity index (χ2n) is 8.43. The van der Waals surface area contributed by atoms with E-state index in [0.29, 0.717) is 27.7 Å². The van der Waals surface area contributed by atoms with Crippen molar-refractivity contribution < 1.29 is 22.3 Å². The lowest BCUT2D eigenvalue weighted by Crippen LogP contribution is -2.27. The predicted molar refractivity (Wildman–Crippen MR) is 111 cm³/mol. The first-order valence-corrected chi connectivity index (χ1v) is 11.1. The normalized spacial score (nSPS) is 17.8. The molecule has 0 bridgehead atoms. The highest BCUT2D eigenvalue weighted by Gasteiger charge is 2.37. The van der Waals surface area contributed by atoms with Gasteiger partial charge in [-0.3, -0.25) is 4.79 Å². The molecule has 0 amide bonds. The molecule has 0 aliphatic carbocycles. The van der Waals surface area contributed by atoms with Crippen molar-refractivity contribution in [1.29, 1.82) is 0 Å². The maximum absolute atomic E-state index is 14.1. The predicted octanol–water partition coefficient (Wildman–Crippen LogP) is 3.81. The first-order chi connectivity index (χ1) is 14.0. The van der Waals surface area contributed by atoms with E-state index in [2.05, 4.69) is 4.72 Å². The van der Waals surface area contributed by atoms with E-state index in [1.807, 2.05) is 0 Å². The number of carbonyl (C=O) groups is 1. The molecule has 0 saturated heterocycles. The average Bonchev–Trinajstić information content (AvgIpc) is 3.04. The van der Waals surface area contributed by atoms with E-state index in [1.165, 1.54) is 12.1 Å². The van der Waals surface area contributed by atoms with Gasteiger partial charge >= 0.3 is 5.97 Å². The van der Waals surface area contributed by atoms with Gasteiger partial charge in [0, 0.05) is 22.2 Å². The van der Waals surface area contributed by atoms with Crippen LogP contribution in [0.25, 0.3) is 10.9 Å². The summed E-state index contributed by atoms with van der Waals surface area (Å²) in [5.74, 6) is -0.863. The molecule has 1 atom stereocenters. The fourth-order valence-electron chi connectivity index (χ4n) is 4.01. The Balaban J connectivity index is 1.89. The van der Waals surface area contributed by atoms with Gasteiger partial charge < -0.3 is 9.30 Å². The second kappa shape index (κ2) is 6.92. The van der Waals surface area contributed by atoms with Crippen molar-refractivity contribution in [2.24, 2.45) is 0 Å². The molecule has 158 valence electrons. The van der Waals surface area contributed by atoms with Crippen molar-refractivity contribution >= 4 is 26.9 Å². The summed E-state index contributed by atoms with van der Waals surface area (Å²) in [6, 6.07) is 10.3. The highest BCUT2D eigenvalue weighted by molar-refractivity contribution is 7.89. The number of nitrogens with one attached hydrogen (secondary N) is 1. The number of aromatic nitrogens is 1. The first kappa shape index (κ1) is 20.6. The van der Waals surface area contributed by atoms with Gasteiger partial charge in [-0.1, -0.05) is 18.2 Å². The van der Waals surface area contributed by atoms with Crippen LogP contribution in [0.1, 0.15) is 43.6 Å². The number of esters is 1. The molecule has 1 aliphatic rings. The third-order valence-corrected chi connectivity index (χ3v) is 6.62. The first-order valence-electron chi connectivity index (χ1n) is 9.59. The van der Waals surface area contributed by atoms with Gasteiger partial charge in [0.2, 0.25) is 10.0 Å². The van der Waals surface area contributed by atoms with Crippen molar-refractivity contribution in [3.8, 4) is 0 Å². The molecule has 0 fully saturated rings. The average molecular weight is 431 g/mol. The molecule has 8 heteroatoms. The zero-order valence-electron chi connectivity index (χ0n) is 17.2. The van der Waals surface area contributed by atoms with Crippen LogP contribution in [0, 0.1) is 12.7 Å². The fourth-order valence-corrected chi connectivity index (χ4v) is 5.45. The lowest BCUT2D eigenvalue weighted by Gasteiger charge is -2.20. The summed E-state index contributed by atoms with van der Waals surface area (Å²) in [5.41, 5.74) is 1.90. The number of hydrogen-bond acceptors (Lipinski definition) is 4. The van der Waals surface area contributed by atoms with Crippen molar-refractivity contribution in [2.75, 3.05) is 0 Å². The Morgan fingerprint density at radius 2 is 1.90 bits per heavy atom. The molecular formula is C22H23FN2O4S. The summed E-state index contributed by atoms with van der Waals surface area (Å²) in [6.45, 7) is 7.10. The van der Waals surface area contributed by atoms with Gasteiger partial charge in [0.25, 0.3) is 0 Å². The van der Waals surface area contributed by atoms with E-state index in [1.54, 1.807) is 62.6 Å². The van der Waals surface area contributed by atoms with Crippen LogP contribution in [0.5, 0.6) is 0 Å². The van der Waals surface area contributed by atoms with E-state index in [4.69, 9.17) is 4.74 Å². The summed E-state index contributed by atoms with van der Waals surface area (Å²) >= 11 is 0. The van der Waals surface area contributed by atoms with Crippen molar-refractivity contribution in [2.45, 2.75) is 50.8 Å². The smallest absolute Gasteiger partial charge is 0.326 e. The molecule has 1 N–H and O–H groups in total. The molecule has 6 nitrogen and oxygen atoms in total. The number of sulfonamides is 1. The highest BCUT2D eigenvalue weighted by Crippen LogP contribution is 2.41. The Labute approximate surface area is 174 Å². The molecule has 0 spiro atoms. The number of carbonyl (C=O) groups excluding carboxylic acids is 1. The van der Waals surface area contributed by atoms with Gasteiger partial charge in [0.05, 0.1) is 10.9 Å². The lowest BCUT2D eigenvalue weighted by molar-refractivity contribution is -0.155. The topological polar surface area (TPSA) is 77.4 Å². The minimum Gasteiger partial charge on any atom is -0.459 e. The highest BCUT2D eigenvalue weighted by atomic mass is 32.2. The Morgan fingerprint density at radius 1 is 1.20 bits per heavy atom. The summed E-state index contributed by atoms with van der Waals surface area (Å²) in [6.07, 6.45) is 0. The third kappa shape index (κ3) is 3.50. The van der Waals surface area contributed by atoms with Crippen LogP contribution in [0.15, 0.2) is 47.4 Å². The van der Waals surface area contributed by atoms with E-state index in [9.17, 15) is 17.6 Å². The minimum absolute atomic E-state index is 0.0631. The van der Waals surface area contributed by atoms with Gasteiger partial charge in [-0.15, -0.1) is 0 Å². The lowest BCUT2D eigenvalue weighted by atomic mass is 9.97. The number of nitrogens with zero attached hydrogens (tertiary/aromatic N) is 1. The largest absolute Gasteiger partial charge is 0.459 e. The summed E-state index contributed by atoms with van der Waals surface area (Å²) in [5, 5.41) is 0.556. The van der Waals surface area contributed by atoms with E-state index in [-0.39, 0.29) is 11.4 Å². The summed E-state index contributed by atoms with van der Waals surface area (Å²) in [7, 11) is -3.68. The zero-order valence-corrected chi connectivity index (χ0v) is 18.0. The Kier molecular flexibility index (Phi) is 4.74. The van der Waals surface area contributed by atoms with E-state index < -0.39 is 33.5 Å². The number of hydrogen-bond donors (Lipinski definition) is 1. The van der Waals surface area contributed by atoms with Crippen LogP contribution >= 0.6 is 0 Å².